The van der Waals surface area contributed by atoms with Gasteiger partial charge in [0.1, 0.15) is 5.82 Å². The van der Waals surface area contributed by atoms with Crippen LogP contribution in [0.25, 0.3) is 11.0 Å². The maximum atomic E-state index is 12.5. The summed E-state index contributed by atoms with van der Waals surface area (Å²) in [6, 6.07) is 23.0. The molecule has 140 valence electrons. The fourth-order valence-corrected chi connectivity index (χ4v) is 3.72. The highest BCUT2D eigenvalue weighted by Gasteiger charge is 2.14. The number of amides is 1. The molecule has 0 saturated carbocycles. The minimum absolute atomic E-state index is 0.141. The number of halogens is 2. The molecule has 4 rings (SSSR count). The molecule has 1 N–H and O–H groups in total. The SMILES string of the molecule is O=C(NCc1nc2ccccc2n1Cc1ccccc1Cl)c1cccc(Br)c1. The van der Waals surface area contributed by atoms with Crippen LogP contribution in [0, 0.1) is 0 Å². The highest BCUT2D eigenvalue weighted by atomic mass is 79.9. The Labute approximate surface area is 176 Å². The Morgan fingerprint density at radius 2 is 1.82 bits per heavy atom. The van der Waals surface area contributed by atoms with Gasteiger partial charge in [-0.3, -0.25) is 4.79 Å². The lowest BCUT2D eigenvalue weighted by Gasteiger charge is -2.12. The topological polar surface area (TPSA) is 46.9 Å². The number of aromatic nitrogens is 2. The molecule has 0 radical (unpaired) electrons. The molecule has 0 fully saturated rings. The fourth-order valence-electron chi connectivity index (χ4n) is 3.12. The zero-order chi connectivity index (χ0) is 19.5. The predicted molar refractivity (Wildman–Crippen MR) is 116 cm³/mol. The van der Waals surface area contributed by atoms with E-state index in [4.69, 9.17) is 16.6 Å². The summed E-state index contributed by atoms with van der Waals surface area (Å²) >= 11 is 9.76. The Morgan fingerprint density at radius 3 is 2.64 bits per heavy atom. The normalized spacial score (nSPS) is 10.9. The summed E-state index contributed by atoms with van der Waals surface area (Å²) in [5, 5.41) is 3.68. The van der Waals surface area contributed by atoms with Crippen molar-refractivity contribution in [3.05, 3.63) is 99.2 Å². The second-order valence-electron chi connectivity index (χ2n) is 6.39. The van der Waals surface area contributed by atoms with Gasteiger partial charge >= 0.3 is 0 Å². The van der Waals surface area contributed by atoms with Gasteiger partial charge in [0.15, 0.2) is 0 Å². The lowest BCUT2D eigenvalue weighted by Crippen LogP contribution is -2.25. The number of nitrogens with one attached hydrogen (secondary N) is 1. The fraction of sp³-hybridized carbons (Fsp3) is 0.0909. The first-order chi connectivity index (χ1) is 13.6. The van der Waals surface area contributed by atoms with Crippen molar-refractivity contribution < 1.29 is 4.79 Å². The van der Waals surface area contributed by atoms with Crippen molar-refractivity contribution >= 4 is 44.5 Å². The Morgan fingerprint density at radius 1 is 1.04 bits per heavy atom. The first kappa shape index (κ1) is 18.7. The van der Waals surface area contributed by atoms with Gasteiger partial charge in [-0.25, -0.2) is 4.98 Å². The summed E-state index contributed by atoms with van der Waals surface area (Å²) in [4.78, 5) is 17.2. The lowest BCUT2D eigenvalue weighted by molar-refractivity contribution is 0.0949. The van der Waals surface area contributed by atoms with Crippen LogP contribution in [0.1, 0.15) is 21.7 Å². The molecule has 0 spiro atoms. The first-order valence-electron chi connectivity index (χ1n) is 8.83. The summed E-state index contributed by atoms with van der Waals surface area (Å²) in [6.07, 6.45) is 0. The number of carbonyl (C=O) groups is 1. The van der Waals surface area contributed by atoms with Crippen LogP contribution in [-0.2, 0) is 13.1 Å². The zero-order valence-corrected chi connectivity index (χ0v) is 17.2. The Kier molecular flexibility index (Phi) is 5.46. The summed E-state index contributed by atoms with van der Waals surface area (Å²) in [5.41, 5.74) is 3.51. The smallest absolute Gasteiger partial charge is 0.251 e. The van der Waals surface area contributed by atoms with Crippen molar-refractivity contribution in [1.29, 1.82) is 0 Å². The van der Waals surface area contributed by atoms with Gasteiger partial charge in [-0.1, -0.05) is 63.9 Å². The molecule has 1 amide bonds. The van der Waals surface area contributed by atoms with E-state index in [-0.39, 0.29) is 5.91 Å². The number of benzene rings is 3. The number of para-hydroxylation sites is 2. The number of nitrogens with zero attached hydrogens (tertiary/aromatic N) is 2. The van der Waals surface area contributed by atoms with E-state index in [0.29, 0.717) is 23.7 Å². The van der Waals surface area contributed by atoms with Crippen LogP contribution >= 0.6 is 27.5 Å². The van der Waals surface area contributed by atoms with Crippen LogP contribution in [0.3, 0.4) is 0 Å². The Bertz CT molecular complexity index is 1160. The number of carbonyl (C=O) groups excluding carboxylic acids is 1. The van der Waals surface area contributed by atoms with E-state index in [0.717, 1.165) is 26.9 Å². The van der Waals surface area contributed by atoms with Gasteiger partial charge in [-0.15, -0.1) is 0 Å². The Balaban J connectivity index is 1.63. The van der Waals surface area contributed by atoms with E-state index in [9.17, 15) is 4.79 Å². The molecule has 1 aromatic heterocycles. The van der Waals surface area contributed by atoms with Gasteiger partial charge in [0.25, 0.3) is 5.91 Å². The van der Waals surface area contributed by atoms with Gasteiger partial charge in [0.2, 0.25) is 0 Å². The first-order valence-corrected chi connectivity index (χ1v) is 10.0. The average molecular weight is 455 g/mol. The number of hydrogen-bond donors (Lipinski definition) is 1. The van der Waals surface area contributed by atoms with Gasteiger partial charge in [-0.05, 0) is 42.0 Å². The maximum absolute atomic E-state index is 12.5. The summed E-state index contributed by atoms with van der Waals surface area (Å²) in [5.74, 6) is 0.641. The molecule has 0 unspecified atom stereocenters. The monoisotopic (exact) mass is 453 g/mol. The number of imidazole rings is 1. The average Bonchev–Trinajstić information content (AvgIpc) is 3.05. The zero-order valence-electron chi connectivity index (χ0n) is 14.9. The van der Waals surface area contributed by atoms with Crippen molar-refractivity contribution in [3.8, 4) is 0 Å². The Hall–Kier alpha value is -2.63. The van der Waals surface area contributed by atoms with E-state index in [1.165, 1.54) is 0 Å². The minimum atomic E-state index is -0.141. The van der Waals surface area contributed by atoms with Crippen LogP contribution in [0.2, 0.25) is 5.02 Å². The van der Waals surface area contributed by atoms with Crippen molar-refractivity contribution in [2.75, 3.05) is 0 Å². The van der Waals surface area contributed by atoms with Crippen LogP contribution < -0.4 is 5.32 Å². The molecule has 0 bridgehead atoms. The molecule has 0 aliphatic heterocycles. The molecule has 0 saturated heterocycles. The quantitative estimate of drug-likeness (QED) is 0.437. The van der Waals surface area contributed by atoms with E-state index < -0.39 is 0 Å². The molecule has 0 atom stereocenters. The van der Waals surface area contributed by atoms with Crippen molar-refractivity contribution in [3.63, 3.8) is 0 Å². The second kappa shape index (κ2) is 8.17. The third kappa shape index (κ3) is 3.96. The van der Waals surface area contributed by atoms with Crippen LogP contribution in [0.5, 0.6) is 0 Å². The lowest BCUT2D eigenvalue weighted by atomic mass is 10.2. The molecule has 28 heavy (non-hydrogen) atoms. The number of rotatable bonds is 5. The highest BCUT2D eigenvalue weighted by molar-refractivity contribution is 9.10. The summed E-state index contributed by atoms with van der Waals surface area (Å²) in [7, 11) is 0. The number of fused-ring (bicyclic) bond motifs is 1. The van der Waals surface area contributed by atoms with E-state index in [1.54, 1.807) is 12.1 Å². The minimum Gasteiger partial charge on any atom is -0.345 e. The summed E-state index contributed by atoms with van der Waals surface area (Å²) in [6.45, 7) is 0.909. The molecule has 1 heterocycles. The van der Waals surface area contributed by atoms with Gasteiger partial charge in [-0.2, -0.15) is 0 Å². The number of hydrogen-bond acceptors (Lipinski definition) is 2. The molecule has 3 aromatic carbocycles. The molecule has 0 aliphatic carbocycles. The van der Waals surface area contributed by atoms with Crippen molar-refractivity contribution in [2.45, 2.75) is 13.1 Å². The maximum Gasteiger partial charge on any atom is 0.251 e. The largest absolute Gasteiger partial charge is 0.345 e. The van der Waals surface area contributed by atoms with E-state index in [1.807, 2.05) is 60.7 Å². The van der Waals surface area contributed by atoms with Gasteiger partial charge < -0.3 is 9.88 Å². The standard InChI is InChI=1S/C22H17BrClN3O/c23-17-8-5-7-15(12-17)22(28)25-13-21-26-19-10-3-4-11-20(19)27(21)14-16-6-1-2-9-18(16)24/h1-12H,13-14H2,(H,25,28). The molecule has 0 aliphatic rings. The van der Waals surface area contributed by atoms with Crippen molar-refractivity contribution in [1.82, 2.24) is 14.9 Å². The third-order valence-corrected chi connectivity index (χ3v) is 5.38. The van der Waals surface area contributed by atoms with E-state index >= 15 is 0 Å². The summed E-state index contributed by atoms with van der Waals surface area (Å²) < 4.78 is 2.96. The predicted octanol–water partition coefficient (Wildman–Crippen LogP) is 5.43. The second-order valence-corrected chi connectivity index (χ2v) is 7.71. The van der Waals surface area contributed by atoms with Crippen molar-refractivity contribution in [2.24, 2.45) is 0 Å². The van der Waals surface area contributed by atoms with Crippen LogP contribution in [0.15, 0.2) is 77.3 Å². The molecular weight excluding hydrogens is 438 g/mol. The van der Waals surface area contributed by atoms with Crippen LogP contribution in [-0.4, -0.2) is 15.5 Å². The molecule has 4 nitrogen and oxygen atoms in total. The van der Waals surface area contributed by atoms with Gasteiger partial charge in [0, 0.05) is 15.1 Å². The molecule has 4 aromatic rings. The third-order valence-electron chi connectivity index (χ3n) is 4.51. The molecular formula is C22H17BrClN3O. The molecule has 6 heteroatoms. The van der Waals surface area contributed by atoms with Gasteiger partial charge in [0.05, 0.1) is 24.1 Å². The highest BCUT2D eigenvalue weighted by Crippen LogP contribution is 2.22. The van der Waals surface area contributed by atoms with E-state index in [2.05, 4.69) is 25.8 Å². The van der Waals surface area contributed by atoms with Crippen LogP contribution in [0.4, 0.5) is 0 Å².